The van der Waals surface area contributed by atoms with Gasteiger partial charge >= 0.3 is 0 Å². The van der Waals surface area contributed by atoms with Crippen molar-refractivity contribution in [2.45, 2.75) is 26.2 Å². The fraction of sp³-hybridized carbons (Fsp3) is 0.222. The van der Waals surface area contributed by atoms with E-state index in [9.17, 15) is 0 Å². The standard InChI is InChI=1S/C18H17Br/c1-2-6-13-9-15-11-17(14-7-4-3-5-8-14)18(19)12-16(15)10-13/h3-5,7-9,11-12H,2,6,10H2,1H3. The molecule has 1 aliphatic rings. The van der Waals surface area contributed by atoms with Gasteiger partial charge in [0.1, 0.15) is 0 Å². The summed E-state index contributed by atoms with van der Waals surface area (Å²) in [6.45, 7) is 2.25. The van der Waals surface area contributed by atoms with Crippen LogP contribution in [0.5, 0.6) is 0 Å². The van der Waals surface area contributed by atoms with E-state index in [1.807, 2.05) is 0 Å². The predicted octanol–water partition coefficient (Wildman–Crippen LogP) is 5.86. The molecule has 1 aliphatic carbocycles. The molecule has 0 nitrogen and oxygen atoms in total. The maximum atomic E-state index is 3.72. The molecule has 0 N–H and O–H groups in total. The first-order chi connectivity index (χ1) is 9.28. The largest absolute Gasteiger partial charge is 0.0652 e. The van der Waals surface area contributed by atoms with Gasteiger partial charge in [0.25, 0.3) is 0 Å². The number of benzene rings is 2. The highest BCUT2D eigenvalue weighted by molar-refractivity contribution is 9.10. The van der Waals surface area contributed by atoms with Crippen molar-refractivity contribution in [1.29, 1.82) is 0 Å². The van der Waals surface area contributed by atoms with Crippen LogP contribution in [0.15, 0.2) is 52.5 Å². The Morgan fingerprint density at radius 3 is 2.63 bits per heavy atom. The minimum atomic E-state index is 1.12. The number of hydrogen-bond donors (Lipinski definition) is 0. The molecule has 0 saturated heterocycles. The fourth-order valence-electron chi connectivity index (χ4n) is 2.75. The SMILES string of the molecule is CCCC1=Cc2cc(-c3ccccc3)c(Br)cc2C1. The lowest BCUT2D eigenvalue weighted by atomic mass is 10.0. The molecule has 1 heteroatoms. The average molecular weight is 313 g/mol. The smallest absolute Gasteiger partial charge is 0.0257 e. The maximum Gasteiger partial charge on any atom is 0.0257 e. The Bertz CT molecular complexity index is 624. The fourth-order valence-corrected chi connectivity index (χ4v) is 3.37. The Kier molecular flexibility index (Phi) is 3.56. The first kappa shape index (κ1) is 12.7. The highest BCUT2D eigenvalue weighted by atomic mass is 79.9. The molecule has 19 heavy (non-hydrogen) atoms. The molecule has 0 heterocycles. The number of hydrogen-bond acceptors (Lipinski definition) is 0. The van der Waals surface area contributed by atoms with Crippen LogP contribution in [0.2, 0.25) is 0 Å². The lowest BCUT2D eigenvalue weighted by molar-refractivity contribution is 0.886. The van der Waals surface area contributed by atoms with Crippen LogP contribution < -0.4 is 0 Å². The second kappa shape index (κ2) is 5.34. The van der Waals surface area contributed by atoms with Crippen molar-refractivity contribution < 1.29 is 0 Å². The van der Waals surface area contributed by atoms with E-state index in [4.69, 9.17) is 0 Å². The predicted molar refractivity (Wildman–Crippen MR) is 86.2 cm³/mol. The Balaban J connectivity index is 2.03. The highest BCUT2D eigenvalue weighted by Gasteiger charge is 2.15. The van der Waals surface area contributed by atoms with Crippen molar-refractivity contribution in [3.05, 3.63) is 63.6 Å². The van der Waals surface area contributed by atoms with Gasteiger partial charge in [0.05, 0.1) is 0 Å². The minimum absolute atomic E-state index is 1.12. The van der Waals surface area contributed by atoms with Crippen LogP contribution in [-0.4, -0.2) is 0 Å². The van der Waals surface area contributed by atoms with Crippen molar-refractivity contribution in [3.8, 4) is 11.1 Å². The number of fused-ring (bicyclic) bond motifs is 1. The van der Waals surface area contributed by atoms with Crippen molar-refractivity contribution >= 4 is 22.0 Å². The second-order valence-corrected chi connectivity index (χ2v) is 5.98. The van der Waals surface area contributed by atoms with Gasteiger partial charge in [-0.1, -0.05) is 71.3 Å². The van der Waals surface area contributed by atoms with Crippen molar-refractivity contribution in [2.24, 2.45) is 0 Å². The Morgan fingerprint density at radius 2 is 1.89 bits per heavy atom. The van der Waals surface area contributed by atoms with Gasteiger partial charge in [-0.2, -0.15) is 0 Å². The Labute approximate surface area is 123 Å². The van der Waals surface area contributed by atoms with Gasteiger partial charge in [0.2, 0.25) is 0 Å². The van der Waals surface area contributed by atoms with Crippen molar-refractivity contribution in [2.75, 3.05) is 0 Å². The first-order valence-electron chi connectivity index (χ1n) is 6.85. The molecule has 0 bridgehead atoms. The maximum absolute atomic E-state index is 3.72. The van der Waals surface area contributed by atoms with Gasteiger partial charge in [0.15, 0.2) is 0 Å². The Morgan fingerprint density at radius 1 is 1.11 bits per heavy atom. The normalized spacial score (nSPS) is 13.3. The first-order valence-corrected chi connectivity index (χ1v) is 7.64. The summed E-state index contributed by atoms with van der Waals surface area (Å²) >= 11 is 3.72. The second-order valence-electron chi connectivity index (χ2n) is 5.13. The van der Waals surface area contributed by atoms with Crippen LogP contribution in [0, 0.1) is 0 Å². The van der Waals surface area contributed by atoms with Gasteiger partial charge in [-0.25, -0.2) is 0 Å². The zero-order valence-electron chi connectivity index (χ0n) is 11.1. The quantitative estimate of drug-likeness (QED) is 0.666. The number of rotatable bonds is 3. The van der Waals surface area contributed by atoms with Crippen LogP contribution >= 0.6 is 15.9 Å². The summed E-state index contributed by atoms with van der Waals surface area (Å²) in [6, 6.07) is 15.2. The molecular weight excluding hydrogens is 296 g/mol. The summed E-state index contributed by atoms with van der Waals surface area (Å²) in [5.41, 5.74) is 6.97. The molecule has 0 aromatic heterocycles. The summed E-state index contributed by atoms with van der Waals surface area (Å²) < 4.78 is 1.20. The topological polar surface area (TPSA) is 0 Å². The molecule has 0 saturated carbocycles. The van der Waals surface area contributed by atoms with E-state index >= 15 is 0 Å². The van der Waals surface area contributed by atoms with Gasteiger partial charge in [0, 0.05) is 4.47 Å². The third kappa shape index (κ3) is 2.52. The summed E-state index contributed by atoms with van der Waals surface area (Å²) in [6.07, 6.45) is 5.94. The monoisotopic (exact) mass is 312 g/mol. The molecule has 0 amide bonds. The van der Waals surface area contributed by atoms with Gasteiger partial charge in [-0.05, 0) is 47.2 Å². The zero-order valence-corrected chi connectivity index (χ0v) is 12.7. The van der Waals surface area contributed by atoms with E-state index in [0.717, 1.165) is 6.42 Å². The third-order valence-electron chi connectivity index (χ3n) is 3.66. The van der Waals surface area contributed by atoms with E-state index in [1.54, 1.807) is 5.57 Å². The molecule has 2 aromatic rings. The molecule has 0 aliphatic heterocycles. The molecule has 0 atom stereocenters. The molecular formula is C18H17Br. The summed E-state index contributed by atoms with van der Waals surface area (Å²) in [7, 11) is 0. The van der Waals surface area contributed by atoms with Crippen molar-refractivity contribution in [3.63, 3.8) is 0 Å². The van der Waals surface area contributed by atoms with Crippen LogP contribution in [0.4, 0.5) is 0 Å². The average Bonchev–Trinajstić information content (AvgIpc) is 2.80. The molecule has 0 fully saturated rings. The van der Waals surface area contributed by atoms with E-state index < -0.39 is 0 Å². The Hall–Kier alpha value is -1.34. The molecule has 0 radical (unpaired) electrons. The van der Waals surface area contributed by atoms with Crippen LogP contribution in [0.3, 0.4) is 0 Å². The zero-order chi connectivity index (χ0) is 13.2. The highest BCUT2D eigenvalue weighted by Crippen LogP contribution is 2.36. The van der Waals surface area contributed by atoms with E-state index in [0.29, 0.717) is 0 Å². The molecule has 3 rings (SSSR count). The van der Waals surface area contributed by atoms with Crippen LogP contribution in [0.1, 0.15) is 30.9 Å². The molecule has 2 aromatic carbocycles. The van der Waals surface area contributed by atoms with Crippen LogP contribution in [-0.2, 0) is 6.42 Å². The van der Waals surface area contributed by atoms with Gasteiger partial charge < -0.3 is 0 Å². The van der Waals surface area contributed by atoms with Gasteiger partial charge in [-0.15, -0.1) is 0 Å². The molecule has 0 unspecified atom stereocenters. The lowest BCUT2D eigenvalue weighted by Crippen LogP contribution is -1.88. The van der Waals surface area contributed by atoms with E-state index in [1.165, 1.54) is 39.6 Å². The third-order valence-corrected chi connectivity index (χ3v) is 4.32. The minimum Gasteiger partial charge on any atom is -0.0652 e. The summed E-state index contributed by atoms with van der Waals surface area (Å²) in [5.74, 6) is 0. The van der Waals surface area contributed by atoms with E-state index in [2.05, 4.69) is 71.4 Å². The van der Waals surface area contributed by atoms with E-state index in [-0.39, 0.29) is 0 Å². The van der Waals surface area contributed by atoms with Crippen molar-refractivity contribution in [1.82, 2.24) is 0 Å². The summed E-state index contributed by atoms with van der Waals surface area (Å²) in [4.78, 5) is 0. The van der Waals surface area contributed by atoms with Gasteiger partial charge in [-0.3, -0.25) is 0 Å². The molecule has 0 spiro atoms. The number of halogens is 1. The summed E-state index contributed by atoms with van der Waals surface area (Å²) in [5, 5.41) is 0. The lowest BCUT2D eigenvalue weighted by Gasteiger charge is -2.08. The molecule has 96 valence electrons. The van der Waals surface area contributed by atoms with Crippen LogP contribution in [0.25, 0.3) is 17.2 Å². The number of allylic oxidation sites excluding steroid dienone is 1.